The highest BCUT2D eigenvalue weighted by Crippen LogP contribution is 2.45. The van der Waals surface area contributed by atoms with E-state index in [1.54, 1.807) is 0 Å². The first-order valence-electron chi connectivity index (χ1n) is 13.6. The molecule has 8 aromatic rings. The maximum atomic E-state index is 6.11. The van der Waals surface area contributed by atoms with Crippen LogP contribution < -0.4 is 4.90 Å². The van der Waals surface area contributed by atoms with Gasteiger partial charge in [-0.1, -0.05) is 72.8 Å². The lowest BCUT2D eigenvalue weighted by molar-refractivity contribution is 0.668. The fourth-order valence-corrected chi connectivity index (χ4v) is 6.36. The van der Waals surface area contributed by atoms with Crippen LogP contribution in [0.3, 0.4) is 0 Å². The Morgan fingerprint density at radius 3 is 1.85 bits per heavy atom. The number of anilines is 2. The Morgan fingerprint density at radius 1 is 0.450 bits per heavy atom. The molecule has 2 aromatic heterocycles. The van der Waals surface area contributed by atoms with Crippen molar-refractivity contribution in [2.24, 2.45) is 0 Å². The Hall–Kier alpha value is -5.28. The first-order chi connectivity index (χ1) is 19.8. The summed E-state index contributed by atoms with van der Waals surface area (Å²) in [6.07, 6.45) is 0. The summed E-state index contributed by atoms with van der Waals surface area (Å²) in [4.78, 5) is 2.43. The van der Waals surface area contributed by atoms with E-state index in [-0.39, 0.29) is 0 Å². The third kappa shape index (κ3) is 3.12. The minimum atomic E-state index is 0.816. The zero-order valence-electron chi connectivity index (χ0n) is 21.6. The second-order valence-corrected chi connectivity index (χ2v) is 10.6. The molecule has 6 aromatic carbocycles. The van der Waals surface area contributed by atoms with E-state index in [1.807, 2.05) is 24.3 Å². The van der Waals surface area contributed by atoms with E-state index < -0.39 is 0 Å². The largest absolute Gasteiger partial charge is 0.456 e. The molecule has 0 saturated heterocycles. The first kappa shape index (κ1) is 21.6. The molecule has 3 heteroatoms. The van der Waals surface area contributed by atoms with Crippen molar-refractivity contribution in [3.05, 3.63) is 133 Å². The predicted molar refractivity (Wildman–Crippen MR) is 164 cm³/mol. The van der Waals surface area contributed by atoms with Gasteiger partial charge in [-0.2, -0.15) is 0 Å². The van der Waals surface area contributed by atoms with Crippen molar-refractivity contribution < 1.29 is 8.83 Å². The molecule has 3 nitrogen and oxygen atoms in total. The van der Waals surface area contributed by atoms with Crippen molar-refractivity contribution in [1.82, 2.24) is 0 Å². The van der Waals surface area contributed by atoms with E-state index in [0.29, 0.717) is 0 Å². The van der Waals surface area contributed by atoms with Gasteiger partial charge in [0.05, 0.1) is 0 Å². The molecule has 0 N–H and O–H groups in total. The highest BCUT2D eigenvalue weighted by molar-refractivity contribution is 6.07. The lowest BCUT2D eigenvalue weighted by atomic mass is 9.90. The molecule has 40 heavy (non-hydrogen) atoms. The van der Waals surface area contributed by atoms with Crippen LogP contribution in [0.2, 0.25) is 0 Å². The lowest BCUT2D eigenvalue weighted by Crippen LogP contribution is -2.21. The van der Waals surface area contributed by atoms with Gasteiger partial charge < -0.3 is 13.7 Å². The third-order valence-corrected chi connectivity index (χ3v) is 8.31. The van der Waals surface area contributed by atoms with Crippen molar-refractivity contribution in [1.29, 1.82) is 0 Å². The summed E-state index contributed by atoms with van der Waals surface area (Å²) in [7, 11) is 0. The second-order valence-electron chi connectivity index (χ2n) is 10.6. The molecule has 0 saturated carbocycles. The fraction of sp³-hybridized carbons (Fsp3) is 0.0270. The van der Waals surface area contributed by atoms with Crippen LogP contribution in [0.15, 0.2) is 136 Å². The van der Waals surface area contributed by atoms with Crippen molar-refractivity contribution in [3.8, 4) is 22.3 Å². The first-order valence-corrected chi connectivity index (χ1v) is 13.6. The highest BCUT2D eigenvalue weighted by Gasteiger charge is 2.24. The van der Waals surface area contributed by atoms with Crippen molar-refractivity contribution in [3.63, 3.8) is 0 Å². The van der Waals surface area contributed by atoms with Gasteiger partial charge >= 0.3 is 0 Å². The van der Waals surface area contributed by atoms with Crippen LogP contribution in [0.4, 0.5) is 11.4 Å². The van der Waals surface area contributed by atoms with E-state index >= 15 is 0 Å². The minimum absolute atomic E-state index is 0.816. The number of nitrogens with zero attached hydrogens (tertiary/aromatic N) is 1. The van der Waals surface area contributed by atoms with Crippen LogP contribution in [0.5, 0.6) is 0 Å². The monoisotopic (exact) mass is 513 g/mol. The molecule has 0 bridgehead atoms. The maximum absolute atomic E-state index is 6.11. The van der Waals surface area contributed by atoms with Gasteiger partial charge in [-0.05, 0) is 76.9 Å². The summed E-state index contributed by atoms with van der Waals surface area (Å²) < 4.78 is 12.2. The van der Waals surface area contributed by atoms with Gasteiger partial charge in [0.2, 0.25) is 0 Å². The van der Waals surface area contributed by atoms with Crippen LogP contribution in [0.25, 0.3) is 66.1 Å². The van der Waals surface area contributed by atoms with Crippen LogP contribution in [0, 0.1) is 0 Å². The summed E-state index contributed by atoms with van der Waals surface area (Å²) in [5, 5.41) is 4.59. The molecule has 0 fully saturated rings. The highest BCUT2D eigenvalue weighted by atomic mass is 16.3. The summed E-state index contributed by atoms with van der Waals surface area (Å²) in [5.41, 5.74) is 12.3. The molecular weight excluding hydrogens is 490 g/mol. The second kappa shape index (κ2) is 8.11. The topological polar surface area (TPSA) is 29.5 Å². The van der Waals surface area contributed by atoms with Gasteiger partial charge in [0.1, 0.15) is 22.3 Å². The average Bonchev–Trinajstić information content (AvgIpc) is 3.58. The molecule has 0 radical (unpaired) electrons. The molecule has 0 amide bonds. The van der Waals surface area contributed by atoms with E-state index in [1.165, 1.54) is 33.5 Å². The van der Waals surface area contributed by atoms with Crippen LogP contribution in [-0.4, -0.2) is 0 Å². The maximum Gasteiger partial charge on any atom is 0.135 e. The van der Waals surface area contributed by atoms with Crippen LogP contribution in [-0.2, 0) is 6.54 Å². The lowest BCUT2D eigenvalue weighted by Gasteiger charge is -2.33. The summed E-state index contributed by atoms with van der Waals surface area (Å²) in [5.74, 6) is 0. The molecule has 0 spiro atoms. The summed E-state index contributed by atoms with van der Waals surface area (Å²) in [6.45, 7) is 0.816. The average molecular weight is 514 g/mol. The van der Waals surface area contributed by atoms with Crippen LogP contribution >= 0.6 is 0 Å². The smallest absolute Gasteiger partial charge is 0.135 e. The number of fused-ring (bicyclic) bond motifs is 9. The Bertz CT molecular complexity index is 2270. The third-order valence-electron chi connectivity index (χ3n) is 8.31. The molecule has 188 valence electrons. The number of benzene rings is 6. The van der Waals surface area contributed by atoms with Gasteiger partial charge in [-0.3, -0.25) is 0 Å². The quantitative estimate of drug-likeness (QED) is 0.230. The molecule has 0 atom stereocenters. The van der Waals surface area contributed by atoms with Gasteiger partial charge in [-0.25, -0.2) is 0 Å². The van der Waals surface area contributed by atoms with E-state index in [2.05, 4.69) is 108 Å². The van der Waals surface area contributed by atoms with Crippen molar-refractivity contribution in [2.45, 2.75) is 6.54 Å². The number of para-hydroxylation sites is 2. The predicted octanol–water partition coefficient (Wildman–Crippen LogP) is 10.5. The van der Waals surface area contributed by atoms with Gasteiger partial charge in [0.15, 0.2) is 0 Å². The van der Waals surface area contributed by atoms with Crippen molar-refractivity contribution in [2.75, 3.05) is 4.90 Å². The van der Waals surface area contributed by atoms with Gasteiger partial charge in [0.25, 0.3) is 0 Å². The molecule has 0 aliphatic carbocycles. The standard InChI is InChI=1S/C37H23NO2/c1-2-8-27-25(7-1)22-38(26-15-18-37-32(21-26)29-10-4-6-12-35(29)40-37)33-16-13-23(19-30(27)33)24-14-17-36-31(20-24)28-9-3-5-11-34(28)39-36/h1-21H,22H2. The molecule has 1 aliphatic rings. The summed E-state index contributed by atoms with van der Waals surface area (Å²) >= 11 is 0. The Balaban J connectivity index is 1.21. The van der Waals surface area contributed by atoms with E-state index in [4.69, 9.17) is 8.83 Å². The zero-order valence-corrected chi connectivity index (χ0v) is 21.6. The van der Waals surface area contributed by atoms with Crippen LogP contribution in [0.1, 0.15) is 5.56 Å². The van der Waals surface area contributed by atoms with Gasteiger partial charge in [-0.15, -0.1) is 0 Å². The minimum Gasteiger partial charge on any atom is -0.456 e. The molecule has 0 unspecified atom stereocenters. The zero-order chi connectivity index (χ0) is 26.2. The Kier molecular flexibility index (Phi) is 4.39. The van der Waals surface area contributed by atoms with Gasteiger partial charge in [0, 0.05) is 45.0 Å². The SMILES string of the molecule is c1ccc2c(c1)CN(c1ccc3oc4ccccc4c3c1)c1ccc(-c3ccc4oc5ccccc5c4c3)cc1-2. The fourth-order valence-electron chi connectivity index (χ4n) is 6.36. The number of hydrogen-bond donors (Lipinski definition) is 0. The van der Waals surface area contributed by atoms with Crippen molar-refractivity contribution >= 4 is 55.3 Å². The number of rotatable bonds is 2. The normalized spacial score (nSPS) is 12.8. The van der Waals surface area contributed by atoms with E-state index in [9.17, 15) is 0 Å². The molecule has 3 heterocycles. The number of furan rings is 2. The Morgan fingerprint density at radius 2 is 1.05 bits per heavy atom. The molecule has 9 rings (SSSR count). The Labute approximate surface area is 230 Å². The summed E-state index contributed by atoms with van der Waals surface area (Å²) in [6, 6.07) is 45.2. The van der Waals surface area contributed by atoms with E-state index in [0.717, 1.165) is 56.1 Å². The number of hydrogen-bond acceptors (Lipinski definition) is 3. The molecule has 1 aliphatic heterocycles. The molecular formula is C37H23NO2.